The van der Waals surface area contributed by atoms with Gasteiger partial charge in [-0.1, -0.05) is 60.7 Å². The van der Waals surface area contributed by atoms with Gasteiger partial charge in [0, 0.05) is 24.2 Å². The molecule has 1 heteroatoms. The van der Waals surface area contributed by atoms with E-state index in [-0.39, 0.29) is 0 Å². The van der Waals surface area contributed by atoms with E-state index in [9.17, 15) is 0 Å². The van der Waals surface area contributed by atoms with Gasteiger partial charge in [0.1, 0.15) is 0 Å². The molecule has 0 saturated heterocycles. The lowest BCUT2D eigenvalue weighted by atomic mass is 10.1. The maximum absolute atomic E-state index is 4.04. The topological polar surface area (TPSA) is 3.24 Å². The highest BCUT2D eigenvalue weighted by Crippen LogP contribution is 2.27. The summed E-state index contributed by atoms with van der Waals surface area (Å²) in [7, 11) is 0. The lowest BCUT2D eigenvalue weighted by Crippen LogP contribution is -2.26. The molecule has 0 heterocycles. The Kier molecular flexibility index (Phi) is 4.06. The summed E-state index contributed by atoms with van der Waals surface area (Å²) in [6.45, 7) is 13.9. The van der Waals surface area contributed by atoms with Gasteiger partial charge in [-0.05, 0) is 25.3 Å². The minimum absolute atomic E-state index is 0.862. The Morgan fingerprint density at radius 2 is 1.47 bits per heavy atom. The summed E-state index contributed by atoms with van der Waals surface area (Å²) in [6.07, 6.45) is 0. The Morgan fingerprint density at radius 3 is 2.11 bits per heavy atom. The molecule has 0 aromatic heterocycles. The summed E-state index contributed by atoms with van der Waals surface area (Å²) in [5, 5.41) is 2.56. The van der Waals surface area contributed by atoms with E-state index in [2.05, 4.69) is 74.4 Å². The van der Waals surface area contributed by atoms with Gasteiger partial charge >= 0.3 is 0 Å². The van der Waals surface area contributed by atoms with Gasteiger partial charge in [0.2, 0.25) is 0 Å². The van der Waals surface area contributed by atoms with Crippen molar-refractivity contribution < 1.29 is 0 Å². The van der Waals surface area contributed by atoms with Crippen LogP contribution in [-0.4, -0.2) is 13.1 Å². The van der Waals surface area contributed by atoms with Crippen molar-refractivity contribution in [2.24, 2.45) is 0 Å². The molecule has 0 aliphatic heterocycles. The first-order valence-electron chi connectivity index (χ1n) is 6.59. The van der Waals surface area contributed by atoms with E-state index in [4.69, 9.17) is 0 Å². The summed E-state index contributed by atoms with van der Waals surface area (Å²) < 4.78 is 0. The van der Waals surface area contributed by atoms with Gasteiger partial charge in [-0.15, -0.1) is 0 Å². The second-order valence-corrected chi connectivity index (χ2v) is 5.27. The van der Waals surface area contributed by atoms with Crippen LogP contribution in [0.25, 0.3) is 10.8 Å². The van der Waals surface area contributed by atoms with Gasteiger partial charge in [0.25, 0.3) is 0 Å². The SMILES string of the molecule is C=C(C)CN(CC(=C)C)c1cccc2ccccc12. The molecular formula is C18H21N. The monoisotopic (exact) mass is 251 g/mol. The maximum atomic E-state index is 4.04. The molecule has 0 saturated carbocycles. The van der Waals surface area contributed by atoms with Crippen LogP contribution < -0.4 is 4.90 Å². The Morgan fingerprint density at radius 1 is 0.895 bits per heavy atom. The molecule has 0 fully saturated rings. The van der Waals surface area contributed by atoms with Gasteiger partial charge in [-0.3, -0.25) is 0 Å². The molecule has 0 bridgehead atoms. The second kappa shape index (κ2) is 5.75. The molecule has 2 aromatic rings. The van der Waals surface area contributed by atoms with Crippen LogP contribution in [0.2, 0.25) is 0 Å². The third-order valence-corrected chi connectivity index (χ3v) is 3.03. The number of anilines is 1. The van der Waals surface area contributed by atoms with Crippen LogP contribution >= 0.6 is 0 Å². The van der Waals surface area contributed by atoms with Crippen LogP contribution in [0.3, 0.4) is 0 Å². The summed E-state index contributed by atoms with van der Waals surface area (Å²) in [4.78, 5) is 2.34. The van der Waals surface area contributed by atoms with Crippen LogP contribution in [0.15, 0.2) is 66.8 Å². The number of nitrogens with zero attached hydrogens (tertiary/aromatic N) is 1. The van der Waals surface area contributed by atoms with Crippen molar-refractivity contribution in [1.29, 1.82) is 0 Å². The average Bonchev–Trinajstić information content (AvgIpc) is 2.36. The lowest BCUT2D eigenvalue weighted by molar-refractivity contribution is 0.899. The minimum Gasteiger partial charge on any atom is -0.363 e. The van der Waals surface area contributed by atoms with E-state index in [1.54, 1.807) is 0 Å². The van der Waals surface area contributed by atoms with Crippen molar-refractivity contribution in [3.63, 3.8) is 0 Å². The molecule has 19 heavy (non-hydrogen) atoms. The molecule has 0 N–H and O–H groups in total. The molecule has 0 aliphatic rings. The van der Waals surface area contributed by atoms with E-state index in [0.717, 1.165) is 24.2 Å². The fourth-order valence-corrected chi connectivity index (χ4v) is 2.36. The van der Waals surface area contributed by atoms with Gasteiger partial charge in [0.05, 0.1) is 0 Å². The second-order valence-electron chi connectivity index (χ2n) is 5.27. The zero-order valence-electron chi connectivity index (χ0n) is 11.8. The predicted octanol–water partition coefficient (Wildman–Crippen LogP) is 4.80. The summed E-state index contributed by atoms with van der Waals surface area (Å²) in [6, 6.07) is 14.9. The molecule has 98 valence electrons. The Labute approximate surface area is 115 Å². The van der Waals surface area contributed by atoms with Gasteiger partial charge in [-0.25, -0.2) is 0 Å². The quantitative estimate of drug-likeness (QED) is 0.690. The van der Waals surface area contributed by atoms with E-state index in [0.29, 0.717) is 0 Å². The number of benzene rings is 2. The number of hydrogen-bond acceptors (Lipinski definition) is 1. The first-order chi connectivity index (χ1) is 9.08. The lowest BCUT2D eigenvalue weighted by Gasteiger charge is -2.26. The van der Waals surface area contributed by atoms with Crippen molar-refractivity contribution >= 4 is 16.5 Å². The number of rotatable bonds is 5. The van der Waals surface area contributed by atoms with E-state index in [1.807, 2.05) is 0 Å². The van der Waals surface area contributed by atoms with Crippen molar-refractivity contribution in [3.8, 4) is 0 Å². The molecule has 2 rings (SSSR count). The van der Waals surface area contributed by atoms with Gasteiger partial charge in [-0.2, -0.15) is 0 Å². The van der Waals surface area contributed by atoms with Crippen LogP contribution in [0.4, 0.5) is 5.69 Å². The zero-order chi connectivity index (χ0) is 13.8. The molecular weight excluding hydrogens is 230 g/mol. The summed E-state index contributed by atoms with van der Waals surface area (Å²) in [5.41, 5.74) is 3.58. The highest BCUT2D eigenvalue weighted by atomic mass is 15.1. The summed E-state index contributed by atoms with van der Waals surface area (Å²) in [5.74, 6) is 0. The first kappa shape index (κ1) is 13.4. The Hall–Kier alpha value is -2.02. The Balaban J connectivity index is 2.48. The highest BCUT2D eigenvalue weighted by Gasteiger charge is 2.10. The number of hydrogen-bond donors (Lipinski definition) is 0. The van der Waals surface area contributed by atoms with Gasteiger partial charge < -0.3 is 4.90 Å². The van der Waals surface area contributed by atoms with E-state index in [1.165, 1.54) is 16.5 Å². The van der Waals surface area contributed by atoms with Crippen molar-refractivity contribution in [2.45, 2.75) is 13.8 Å². The predicted molar refractivity (Wildman–Crippen MR) is 85.8 cm³/mol. The molecule has 1 nitrogen and oxygen atoms in total. The normalized spacial score (nSPS) is 10.4. The van der Waals surface area contributed by atoms with Crippen molar-refractivity contribution in [3.05, 3.63) is 66.8 Å². The van der Waals surface area contributed by atoms with Crippen molar-refractivity contribution in [1.82, 2.24) is 0 Å². The van der Waals surface area contributed by atoms with Crippen LogP contribution in [0.5, 0.6) is 0 Å². The third kappa shape index (κ3) is 3.25. The maximum Gasteiger partial charge on any atom is 0.0451 e. The van der Waals surface area contributed by atoms with Crippen LogP contribution in [0.1, 0.15) is 13.8 Å². The number of fused-ring (bicyclic) bond motifs is 1. The molecule has 0 aliphatic carbocycles. The van der Waals surface area contributed by atoms with Crippen LogP contribution in [-0.2, 0) is 0 Å². The largest absolute Gasteiger partial charge is 0.363 e. The molecule has 0 radical (unpaired) electrons. The molecule has 0 amide bonds. The van der Waals surface area contributed by atoms with E-state index < -0.39 is 0 Å². The Bertz CT molecular complexity index is 589. The zero-order valence-corrected chi connectivity index (χ0v) is 11.8. The molecule has 0 atom stereocenters. The van der Waals surface area contributed by atoms with Crippen molar-refractivity contribution in [2.75, 3.05) is 18.0 Å². The highest BCUT2D eigenvalue weighted by molar-refractivity contribution is 5.94. The third-order valence-electron chi connectivity index (χ3n) is 3.03. The fourth-order valence-electron chi connectivity index (χ4n) is 2.36. The smallest absolute Gasteiger partial charge is 0.0451 e. The standard InChI is InChI=1S/C18H21N/c1-14(2)12-19(13-15(3)4)18-11-7-9-16-8-5-6-10-17(16)18/h5-11H,1,3,12-13H2,2,4H3. The molecule has 0 unspecified atom stereocenters. The van der Waals surface area contributed by atoms with E-state index >= 15 is 0 Å². The van der Waals surface area contributed by atoms with Crippen LogP contribution in [0, 0.1) is 0 Å². The molecule has 0 spiro atoms. The average molecular weight is 251 g/mol. The fraction of sp³-hybridized carbons (Fsp3) is 0.222. The first-order valence-corrected chi connectivity index (χ1v) is 6.59. The minimum atomic E-state index is 0.862. The molecule has 2 aromatic carbocycles. The van der Waals surface area contributed by atoms with Gasteiger partial charge in [0.15, 0.2) is 0 Å². The summed E-state index contributed by atoms with van der Waals surface area (Å²) >= 11 is 0.